The van der Waals surface area contributed by atoms with E-state index in [0.717, 1.165) is 93.6 Å². The second-order valence-electron chi connectivity index (χ2n) is 15.6. The molecule has 8 rings (SSSR count). The van der Waals surface area contributed by atoms with E-state index in [4.69, 9.17) is 60.6 Å². The minimum absolute atomic E-state index is 0.0116. The zero-order chi connectivity index (χ0) is 42.1. The monoisotopic (exact) mass is 880 g/mol. The lowest BCUT2D eigenvalue weighted by atomic mass is 9.82. The number of benzene rings is 5. The third kappa shape index (κ3) is 8.12. The van der Waals surface area contributed by atoms with E-state index in [1.165, 1.54) is 25.7 Å². The summed E-state index contributed by atoms with van der Waals surface area (Å²) in [6.45, 7) is 13.2. The van der Waals surface area contributed by atoms with E-state index in [9.17, 15) is 4.79 Å². The van der Waals surface area contributed by atoms with Crippen LogP contribution in [-0.2, 0) is 10.3 Å². The molecule has 3 heterocycles. The average Bonchev–Trinajstić information content (AvgIpc) is 4.05. The number of fused-ring (bicyclic) bond motifs is 1. The molecule has 0 unspecified atom stereocenters. The third-order valence-corrected chi connectivity index (χ3v) is 13.5. The predicted molar refractivity (Wildman–Crippen MR) is 248 cm³/mol. The second kappa shape index (κ2) is 17.8. The van der Waals surface area contributed by atoms with Crippen molar-refractivity contribution in [2.24, 2.45) is 0 Å². The third-order valence-electron chi connectivity index (χ3n) is 11.7. The summed E-state index contributed by atoms with van der Waals surface area (Å²) in [5.41, 5.74) is 8.19. The van der Waals surface area contributed by atoms with Gasteiger partial charge >= 0.3 is 5.97 Å². The SMILES string of the molecule is CCOc1ccc(C(=CC2(C=C(c3ccc(N4CCCC4)cc3)c3ccc(OCC)c(C)c3)OC(=O)c3c(Cl)c(Cl)c(Cl)c(Cl)c32)c2ccc(N3CCCC3)cc2)cc1C. The number of esters is 1. The number of carbonyl (C=O) groups excluding carboxylic acids is 1. The molecule has 6 nitrogen and oxygen atoms in total. The van der Waals surface area contributed by atoms with Gasteiger partial charge in [0.05, 0.1) is 38.9 Å². The van der Waals surface area contributed by atoms with E-state index in [1.807, 2.05) is 64.1 Å². The summed E-state index contributed by atoms with van der Waals surface area (Å²) >= 11 is 27.7. The Bertz CT molecular complexity index is 2360. The van der Waals surface area contributed by atoms with E-state index in [-0.39, 0.29) is 25.7 Å². The number of cyclic esters (lactones) is 1. The van der Waals surface area contributed by atoms with Crippen LogP contribution in [0.5, 0.6) is 11.5 Å². The zero-order valence-electron chi connectivity index (χ0n) is 34.3. The van der Waals surface area contributed by atoms with Crippen molar-refractivity contribution in [1.82, 2.24) is 0 Å². The molecule has 0 aliphatic carbocycles. The lowest BCUT2D eigenvalue weighted by Gasteiger charge is -2.28. The quantitative estimate of drug-likeness (QED) is 0.0707. The lowest BCUT2D eigenvalue weighted by Crippen LogP contribution is -2.23. The van der Waals surface area contributed by atoms with Crippen molar-refractivity contribution in [2.45, 2.75) is 59.0 Å². The molecule has 0 aromatic heterocycles. The first kappa shape index (κ1) is 42.1. The summed E-state index contributed by atoms with van der Waals surface area (Å²) in [7, 11) is 0. The Balaban J connectivity index is 1.43. The van der Waals surface area contributed by atoms with Crippen molar-refractivity contribution < 1.29 is 19.0 Å². The number of ether oxygens (including phenoxy) is 3. The Labute approximate surface area is 373 Å². The van der Waals surface area contributed by atoms with Gasteiger partial charge in [-0.2, -0.15) is 0 Å². The van der Waals surface area contributed by atoms with E-state index in [2.05, 4.69) is 70.5 Å². The Morgan fingerprint density at radius 1 is 0.600 bits per heavy atom. The molecular formula is C50H48Cl4N2O4. The van der Waals surface area contributed by atoms with Crippen LogP contribution in [0, 0.1) is 13.8 Å². The predicted octanol–water partition coefficient (Wildman–Crippen LogP) is 13.5. The molecule has 310 valence electrons. The number of halogens is 4. The van der Waals surface area contributed by atoms with E-state index >= 15 is 0 Å². The molecule has 2 saturated heterocycles. The summed E-state index contributed by atoms with van der Waals surface area (Å²) in [5.74, 6) is 0.916. The van der Waals surface area contributed by atoms with Gasteiger partial charge in [0, 0.05) is 43.1 Å². The number of hydrogen-bond donors (Lipinski definition) is 0. The highest BCUT2D eigenvalue weighted by molar-refractivity contribution is 6.53. The molecule has 0 spiro atoms. The van der Waals surface area contributed by atoms with Gasteiger partial charge in [0.2, 0.25) is 0 Å². The summed E-state index contributed by atoms with van der Waals surface area (Å²) in [6, 6.07) is 29.3. The van der Waals surface area contributed by atoms with Crippen LogP contribution in [0.3, 0.4) is 0 Å². The highest BCUT2D eigenvalue weighted by Gasteiger charge is 2.48. The van der Waals surface area contributed by atoms with Crippen LogP contribution in [0.25, 0.3) is 11.1 Å². The zero-order valence-corrected chi connectivity index (χ0v) is 37.4. The molecule has 10 heteroatoms. The first-order valence-corrected chi connectivity index (χ1v) is 22.3. The van der Waals surface area contributed by atoms with Crippen LogP contribution < -0.4 is 19.3 Å². The van der Waals surface area contributed by atoms with E-state index < -0.39 is 11.6 Å². The van der Waals surface area contributed by atoms with Gasteiger partial charge in [0.15, 0.2) is 5.60 Å². The standard InChI is InChI=1S/C50H48Cl4N2O4/c1-5-58-41-21-15-35(27-31(41)3)39(33-11-17-37(18-12-33)55-23-7-8-24-55)29-50(44-43(49(57)60-50)45(51)47(53)48(54)46(44)52)30-40(36-16-22-42(59-6-2)32(4)28-36)34-13-19-38(20-14-34)56-25-9-10-26-56/h11-22,27-30H,5-10,23-26H2,1-4H3. The van der Waals surface area contributed by atoms with Crippen molar-refractivity contribution in [3.05, 3.63) is 162 Å². The summed E-state index contributed by atoms with van der Waals surface area (Å²) in [4.78, 5) is 19.2. The molecule has 3 aliphatic heterocycles. The number of hydrogen-bond acceptors (Lipinski definition) is 6. The molecule has 5 aromatic carbocycles. The summed E-state index contributed by atoms with van der Waals surface area (Å²) in [5, 5.41) is 0.0881. The van der Waals surface area contributed by atoms with Gasteiger partial charge in [-0.15, -0.1) is 0 Å². The number of aryl methyl sites for hydroxylation is 2. The van der Waals surface area contributed by atoms with Gasteiger partial charge < -0.3 is 24.0 Å². The fourth-order valence-corrected chi connectivity index (χ4v) is 9.79. The Kier molecular flexibility index (Phi) is 12.5. The van der Waals surface area contributed by atoms with Crippen LogP contribution in [0.1, 0.15) is 88.8 Å². The molecule has 0 amide bonds. The van der Waals surface area contributed by atoms with Gasteiger partial charge in [-0.25, -0.2) is 4.79 Å². The number of rotatable bonds is 12. The molecule has 0 saturated carbocycles. The summed E-state index contributed by atoms with van der Waals surface area (Å²) in [6.07, 6.45) is 8.64. The van der Waals surface area contributed by atoms with Crippen molar-refractivity contribution in [2.75, 3.05) is 49.2 Å². The maximum absolute atomic E-state index is 14.4. The number of nitrogens with zero attached hydrogens (tertiary/aromatic N) is 2. The van der Waals surface area contributed by atoms with Crippen LogP contribution in [-0.4, -0.2) is 45.4 Å². The molecule has 2 fully saturated rings. The largest absolute Gasteiger partial charge is 0.494 e. The Morgan fingerprint density at radius 2 is 1.00 bits per heavy atom. The van der Waals surface area contributed by atoms with Crippen molar-refractivity contribution in [3.63, 3.8) is 0 Å². The fourth-order valence-electron chi connectivity index (χ4n) is 8.71. The molecular weight excluding hydrogens is 834 g/mol. The topological polar surface area (TPSA) is 51.2 Å². The molecule has 0 radical (unpaired) electrons. The fraction of sp³-hybridized carbons (Fsp3) is 0.300. The second-order valence-corrected chi connectivity index (χ2v) is 17.1. The van der Waals surface area contributed by atoms with Crippen molar-refractivity contribution in [1.29, 1.82) is 0 Å². The number of anilines is 2. The van der Waals surface area contributed by atoms with Gasteiger partial charge in [-0.3, -0.25) is 0 Å². The lowest BCUT2D eigenvalue weighted by molar-refractivity contribution is 0.0300. The highest BCUT2D eigenvalue weighted by atomic mass is 35.5. The smallest absolute Gasteiger partial charge is 0.341 e. The maximum Gasteiger partial charge on any atom is 0.341 e. The van der Waals surface area contributed by atoms with Gasteiger partial charge in [0.1, 0.15) is 11.5 Å². The van der Waals surface area contributed by atoms with Gasteiger partial charge in [-0.1, -0.05) is 82.8 Å². The molecule has 3 aliphatic rings. The Hall–Kier alpha value is -4.59. The van der Waals surface area contributed by atoms with Crippen LogP contribution in [0.15, 0.2) is 97.1 Å². The molecule has 5 aromatic rings. The molecule has 0 N–H and O–H groups in total. The first-order valence-electron chi connectivity index (χ1n) is 20.8. The molecule has 60 heavy (non-hydrogen) atoms. The van der Waals surface area contributed by atoms with Gasteiger partial charge in [0.25, 0.3) is 0 Å². The molecule has 0 bridgehead atoms. The van der Waals surface area contributed by atoms with Crippen LogP contribution >= 0.6 is 46.4 Å². The van der Waals surface area contributed by atoms with E-state index in [1.54, 1.807) is 0 Å². The summed E-state index contributed by atoms with van der Waals surface area (Å²) < 4.78 is 18.6. The van der Waals surface area contributed by atoms with E-state index in [0.29, 0.717) is 18.8 Å². The minimum atomic E-state index is -1.63. The average molecular weight is 883 g/mol. The van der Waals surface area contributed by atoms with Crippen molar-refractivity contribution in [3.8, 4) is 11.5 Å². The molecule has 0 atom stereocenters. The highest BCUT2D eigenvalue weighted by Crippen LogP contribution is 2.54. The normalized spacial score (nSPS) is 18.0. The Morgan fingerprint density at radius 3 is 1.40 bits per heavy atom. The van der Waals surface area contributed by atoms with Gasteiger partial charge in [-0.05, 0) is 159 Å². The van der Waals surface area contributed by atoms with Crippen LogP contribution in [0.4, 0.5) is 11.4 Å². The minimum Gasteiger partial charge on any atom is -0.494 e. The van der Waals surface area contributed by atoms with Crippen molar-refractivity contribution >= 4 is 74.9 Å². The first-order chi connectivity index (χ1) is 29.0. The van der Waals surface area contributed by atoms with Crippen LogP contribution in [0.2, 0.25) is 20.1 Å². The number of carbonyl (C=O) groups is 1. The maximum atomic E-state index is 14.4.